The number of nitrogens with zero attached hydrogens (tertiary/aromatic N) is 3. The van der Waals surface area contributed by atoms with Crippen molar-refractivity contribution in [3.8, 4) is 0 Å². The molecule has 3 rings (SSSR count). The highest BCUT2D eigenvalue weighted by atomic mass is 16.5. The second-order valence-corrected chi connectivity index (χ2v) is 6.28. The highest BCUT2D eigenvalue weighted by molar-refractivity contribution is 5.89. The van der Waals surface area contributed by atoms with Crippen LogP contribution in [-0.2, 0) is 4.74 Å². The van der Waals surface area contributed by atoms with Crippen molar-refractivity contribution < 1.29 is 9.53 Å². The molecule has 0 bridgehead atoms. The van der Waals surface area contributed by atoms with Crippen LogP contribution < -0.4 is 5.32 Å². The Hall–Kier alpha value is -1.66. The molecule has 1 saturated carbocycles. The van der Waals surface area contributed by atoms with Gasteiger partial charge in [0.05, 0.1) is 24.6 Å². The third-order valence-electron chi connectivity index (χ3n) is 4.14. The molecule has 2 fully saturated rings. The molecule has 22 heavy (non-hydrogen) atoms. The summed E-state index contributed by atoms with van der Waals surface area (Å²) in [7, 11) is 2.09. The normalized spacial score (nSPS) is 22.3. The van der Waals surface area contributed by atoms with E-state index in [9.17, 15) is 4.79 Å². The van der Waals surface area contributed by atoms with E-state index < -0.39 is 0 Å². The fourth-order valence-corrected chi connectivity index (χ4v) is 2.71. The maximum Gasteiger partial charge on any atom is 0.321 e. The van der Waals surface area contributed by atoms with E-state index in [1.54, 1.807) is 12.4 Å². The van der Waals surface area contributed by atoms with Gasteiger partial charge in [-0.1, -0.05) is 0 Å². The Balaban J connectivity index is 1.59. The lowest BCUT2D eigenvalue weighted by atomic mass is 10.2. The highest BCUT2D eigenvalue weighted by Crippen LogP contribution is 2.30. The molecule has 1 atom stereocenters. The van der Waals surface area contributed by atoms with Crippen LogP contribution in [0.2, 0.25) is 0 Å². The van der Waals surface area contributed by atoms with Crippen LogP contribution >= 0.6 is 0 Å². The second kappa shape index (κ2) is 7.07. The molecule has 1 aromatic rings. The monoisotopic (exact) mass is 304 g/mol. The zero-order valence-electron chi connectivity index (χ0n) is 13.1. The van der Waals surface area contributed by atoms with E-state index in [0.717, 1.165) is 31.9 Å². The summed E-state index contributed by atoms with van der Waals surface area (Å²) in [6, 6.07) is 3.61. The van der Waals surface area contributed by atoms with Gasteiger partial charge in [-0.2, -0.15) is 0 Å². The molecule has 120 valence electrons. The Morgan fingerprint density at radius 2 is 2.36 bits per heavy atom. The second-order valence-electron chi connectivity index (χ2n) is 6.28. The molecule has 6 heteroatoms. The maximum absolute atomic E-state index is 12.5. The average Bonchev–Trinajstić information content (AvgIpc) is 3.32. The number of likely N-dealkylation sites (N-methyl/N-ethyl adjacent to an activating group) is 1. The summed E-state index contributed by atoms with van der Waals surface area (Å²) in [5.74, 6) is 0.654. The number of ether oxygens (including phenoxy) is 1. The Kier molecular flexibility index (Phi) is 4.90. The molecule has 2 aliphatic rings. The summed E-state index contributed by atoms with van der Waals surface area (Å²) < 4.78 is 5.81. The molecule has 1 aliphatic carbocycles. The smallest absolute Gasteiger partial charge is 0.321 e. The molecule has 0 radical (unpaired) electrons. The Labute approximate surface area is 131 Å². The van der Waals surface area contributed by atoms with Crippen LogP contribution in [0.1, 0.15) is 12.8 Å². The van der Waals surface area contributed by atoms with Crippen LogP contribution in [0, 0.1) is 5.92 Å². The lowest BCUT2D eigenvalue weighted by Crippen LogP contribution is -2.49. The third-order valence-corrected chi connectivity index (χ3v) is 4.14. The number of aromatic nitrogens is 1. The van der Waals surface area contributed by atoms with Crippen LogP contribution in [0.25, 0.3) is 0 Å². The van der Waals surface area contributed by atoms with Crippen molar-refractivity contribution in [2.45, 2.75) is 18.9 Å². The van der Waals surface area contributed by atoms with Gasteiger partial charge in [0.1, 0.15) is 0 Å². The topological polar surface area (TPSA) is 57.7 Å². The summed E-state index contributed by atoms with van der Waals surface area (Å²) >= 11 is 0. The highest BCUT2D eigenvalue weighted by Gasteiger charge is 2.29. The number of morpholine rings is 1. The first kappa shape index (κ1) is 15.2. The van der Waals surface area contributed by atoms with Gasteiger partial charge in [0.25, 0.3) is 0 Å². The van der Waals surface area contributed by atoms with E-state index in [0.29, 0.717) is 12.5 Å². The van der Waals surface area contributed by atoms with Gasteiger partial charge in [-0.15, -0.1) is 0 Å². The van der Waals surface area contributed by atoms with Crippen molar-refractivity contribution in [3.63, 3.8) is 0 Å². The van der Waals surface area contributed by atoms with E-state index in [4.69, 9.17) is 4.74 Å². The predicted molar refractivity (Wildman–Crippen MR) is 84.8 cm³/mol. The minimum Gasteiger partial charge on any atom is -0.374 e. The Morgan fingerprint density at radius 1 is 1.50 bits per heavy atom. The van der Waals surface area contributed by atoms with E-state index in [1.165, 1.54) is 12.8 Å². The largest absolute Gasteiger partial charge is 0.374 e. The number of carbonyl (C=O) groups is 1. The van der Waals surface area contributed by atoms with Crippen molar-refractivity contribution in [1.29, 1.82) is 0 Å². The van der Waals surface area contributed by atoms with E-state index >= 15 is 0 Å². The van der Waals surface area contributed by atoms with Crippen molar-refractivity contribution in [1.82, 2.24) is 14.8 Å². The van der Waals surface area contributed by atoms with Gasteiger partial charge in [0.15, 0.2) is 0 Å². The van der Waals surface area contributed by atoms with Gasteiger partial charge in [-0.25, -0.2) is 4.79 Å². The molecule has 2 amide bonds. The van der Waals surface area contributed by atoms with Crippen molar-refractivity contribution in [2.75, 3.05) is 45.2 Å². The van der Waals surface area contributed by atoms with Gasteiger partial charge in [-0.3, -0.25) is 4.98 Å². The maximum atomic E-state index is 12.5. The third kappa shape index (κ3) is 4.42. The van der Waals surface area contributed by atoms with E-state index in [2.05, 4.69) is 22.2 Å². The zero-order valence-corrected chi connectivity index (χ0v) is 13.1. The molecule has 1 N–H and O–H groups in total. The van der Waals surface area contributed by atoms with Crippen molar-refractivity contribution >= 4 is 11.7 Å². The lowest BCUT2D eigenvalue weighted by molar-refractivity contribution is -0.0302. The molecular formula is C16H24N4O2. The SMILES string of the molecule is CN1CCOC(CN(CC2CC2)C(=O)Nc2cccnc2)C1. The zero-order chi connectivity index (χ0) is 15.4. The number of amides is 2. The Morgan fingerprint density at radius 3 is 3.05 bits per heavy atom. The number of pyridine rings is 1. The summed E-state index contributed by atoms with van der Waals surface area (Å²) in [4.78, 5) is 20.7. The first-order valence-electron chi connectivity index (χ1n) is 7.97. The minimum atomic E-state index is -0.0586. The first-order chi connectivity index (χ1) is 10.7. The van der Waals surface area contributed by atoms with Crippen molar-refractivity contribution in [2.24, 2.45) is 5.92 Å². The fourth-order valence-electron chi connectivity index (χ4n) is 2.71. The summed E-state index contributed by atoms with van der Waals surface area (Å²) in [6.07, 6.45) is 5.91. The number of rotatable bonds is 5. The average molecular weight is 304 g/mol. The van der Waals surface area contributed by atoms with Crippen LogP contribution in [0.4, 0.5) is 10.5 Å². The number of nitrogens with one attached hydrogen (secondary N) is 1. The molecule has 1 aliphatic heterocycles. The van der Waals surface area contributed by atoms with Crippen LogP contribution in [0.5, 0.6) is 0 Å². The van der Waals surface area contributed by atoms with Gasteiger partial charge < -0.3 is 19.9 Å². The number of carbonyl (C=O) groups excluding carboxylic acids is 1. The molecule has 6 nitrogen and oxygen atoms in total. The quantitative estimate of drug-likeness (QED) is 0.899. The van der Waals surface area contributed by atoms with Gasteiger partial charge >= 0.3 is 6.03 Å². The molecule has 0 aromatic carbocycles. The first-order valence-corrected chi connectivity index (χ1v) is 7.97. The number of hydrogen-bond acceptors (Lipinski definition) is 4. The molecule has 1 saturated heterocycles. The lowest BCUT2D eigenvalue weighted by Gasteiger charge is -2.34. The molecule has 1 unspecified atom stereocenters. The van der Waals surface area contributed by atoms with Gasteiger partial charge in [0.2, 0.25) is 0 Å². The minimum absolute atomic E-state index is 0.0586. The van der Waals surface area contributed by atoms with Crippen molar-refractivity contribution in [3.05, 3.63) is 24.5 Å². The van der Waals surface area contributed by atoms with E-state index in [1.807, 2.05) is 17.0 Å². The van der Waals surface area contributed by atoms with Crippen LogP contribution in [0.15, 0.2) is 24.5 Å². The Bertz CT molecular complexity index is 492. The van der Waals surface area contributed by atoms with Crippen LogP contribution in [0.3, 0.4) is 0 Å². The van der Waals surface area contributed by atoms with Crippen LogP contribution in [-0.4, -0.2) is 66.8 Å². The number of hydrogen-bond donors (Lipinski definition) is 1. The molecular weight excluding hydrogens is 280 g/mol. The van der Waals surface area contributed by atoms with Gasteiger partial charge in [0, 0.05) is 32.4 Å². The molecule has 0 spiro atoms. The fraction of sp³-hybridized carbons (Fsp3) is 0.625. The van der Waals surface area contributed by atoms with Gasteiger partial charge in [-0.05, 0) is 37.9 Å². The summed E-state index contributed by atoms with van der Waals surface area (Å²) in [5.41, 5.74) is 0.731. The predicted octanol–water partition coefficient (Wildman–Crippen LogP) is 1.66. The molecule has 2 heterocycles. The summed E-state index contributed by atoms with van der Waals surface area (Å²) in [6.45, 7) is 4.04. The summed E-state index contributed by atoms with van der Waals surface area (Å²) in [5, 5.41) is 2.93. The number of urea groups is 1. The number of anilines is 1. The van der Waals surface area contributed by atoms with E-state index in [-0.39, 0.29) is 12.1 Å². The molecule has 1 aromatic heterocycles. The standard InChI is InChI=1S/C16H24N4O2/c1-19-7-8-22-15(11-19)12-20(10-13-4-5-13)16(21)18-14-3-2-6-17-9-14/h2-3,6,9,13,15H,4-5,7-8,10-12H2,1H3,(H,18,21).